The number of benzene rings is 1. The molecule has 3 nitrogen and oxygen atoms in total. The first-order valence-corrected chi connectivity index (χ1v) is 8.07. The minimum Gasteiger partial charge on any atom is -0.207 e. The van der Waals surface area contributed by atoms with Crippen molar-refractivity contribution in [2.45, 2.75) is 30.2 Å². The molecule has 1 aliphatic rings. The number of hydrogen-bond acceptors (Lipinski definition) is 2. The lowest BCUT2D eigenvalue weighted by Crippen LogP contribution is -2.45. The molecule has 1 aromatic rings. The van der Waals surface area contributed by atoms with Crippen molar-refractivity contribution in [1.82, 2.24) is 4.31 Å². The maximum absolute atomic E-state index is 13.7. The Morgan fingerprint density at radius 2 is 1.80 bits per heavy atom. The summed E-state index contributed by atoms with van der Waals surface area (Å²) in [6.07, 6.45) is 1.93. The van der Waals surface area contributed by atoms with Crippen molar-refractivity contribution in [3.63, 3.8) is 0 Å². The number of rotatable bonds is 3. The van der Waals surface area contributed by atoms with Gasteiger partial charge in [-0.3, -0.25) is 0 Å². The molecule has 1 heterocycles. The Hall–Kier alpha value is -0.790. The van der Waals surface area contributed by atoms with Crippen molar-refractivity contribution in [1.29, 1.82) is 0 Å². The van der Waals surface area contributed by atoms with Gasteiger partial charge in [-0.1, -0.05) is 6.42 Å². The lowest BCUT2D eigenvalue weighted by molar-refractivity contribution is 0.269. The molecule has 0 spiro atoms. The second kappa shape index (κ2) is 5.91. The maximum Gasteiger partial charge on any atom is 0.249 e. The molecule has 1 unspecified atom stereocenters. The summed E-state index contributed by atoms with van der Waals surface area (Å²) >= 11 is 5.72. The van der Waals surface area contributed by atoms with Gasteiger partial charge in [-0.2, -0.15) is 4.31 Å². The molecule has 0 aliphatic carbocycles. The molecule has 1 aliphatic heterocycles. The summed E-state index contributed by atoms with van der Waals surface area (Å²) in [5, 5.41) is 0. The second-order valence-corrected chi connectivity index (χ2v) is 6.75. The van der Waals surface area contributed by atoms with E-state index in [1.807, 2.05) is 0 Å². The molecular formula is C12H13ClF3NO2S. The molecule has 0 N–H and O–H groups in total. The molecule has 0 bridgehead atoms. The topological polar surface area (TPSA) is 37.4 Å². The van der Waals surface area contributed by atoms with E-state index in [0.29, 0.717) is 25.0 Å². The summed E-state index contributed by atoms with van der Waals surface area (Å²) in [6.45, 7) is 0.149. The van der Waals surface area contributed by atoms with E-state index in [1.54, 1.807) is 0 Å². The smallest absolute Gasteiger partial charge is 0.207 e. The van der Waals surface area contributed by atoms with Crippen LogP contribution in [-0.4, -0.2) is 31.2 Å². The molecule has 0 aromatic heterocycles. The fraction of sp³-hybridized carbons (Fsp3) is 0.500. The third-order valence-electron chi connectivity index (χ3n) is 3.28. The summed E-state index contributed by atoms with van der Waals surface area (Å²) in [6, 6.07) is 0.213. The van der Waals surface area contributed by atoms with Crippen LogP contribution in [0, 0.1) is 17.5 Å². The Morgan fingerprint density at radius 3 is 2.35 bits per heavy atom. The molecule has 0 saturated carbocycles. The monoisotopic (exact) mass is 327 g/mol. The van der Waals surface area contributed by atoms with Crippen molar-refractivity contribution < 1.29 is 21.6 Å². The Balaban J connectivity index is 2.49. The maximum atomic E-state index is 13.7. The van der Waals surface area contributed by atoms with Crippen LogP contribution in [0.15, 0.2) is 17.0 Å². The van der Waals surface area contributed by atoms with E-state index >= 15 is 0 Å². The molecule has 20 heavy (non-hydrogen) atoms. The Kier molecular flexibility index (Phi) is 4.61. The van der Waals surface area contributed by atoms with Crippen LogP contribution in [0.25, 0.3) is 0 Å². The van der Waals surface area contributed by atoms with Crippen LogP contribution in [0.1, 0.15) is 19.3 Å². The molecule has 1 saturated heterocycles. The zero-order chi connectivity index (χ0) is 14.9. The van der Waals surface area contributed by atoms with Gasteiger partial charge in [-0.25, -0.2) is 21.6 Å². The Morgan fingerprint density at radius 1 is 1.20 bits per heavy atom. The Bertz CT molecular complexity index is 586. The van der Waals surface area contributed by atoms with Gasteiger partial charge >= 0.3 is 0 Å². The van der Waals surface area contributed by atoms with Crippen LogP contribution >= 0.6 is 11.6 Å². The second-order valence-electron chi connectivity index (χ2n) is 4.62. The van der Waals surface area contributed by atoms with E-state index in [1.165, 1.54) is 0 Å². The van der Waals surface area contributed by atoms with Gasteiger partial charge in [0.25, 0.3) is 0 Å². The standard InChI is InChI=1S/C12H13ClF3NO2S/c13-7-9-3-1-2-4-17(9)20(18,19)12-10(15)5-8(14)6-11(12)16/h5-6,9H,1-4,7H2. The van der Waals surface area contributed by atoms with Crippen LogP contribution in [0.4, 0.5) is 13.2 Å². The number of sulfonamides is 1. The number of halogens is 4. The van der Waals surface area contributed by atoms with Gasteiger partial charge in [0.1, 0.15) is 17.5 Å². The lowest BCUT2D eigenvalue weighted by Gasteiger charge is -2.33. The quantitative estimate of drug-likeness (QED) is 0.801. The average Bonchev–Trinajstić information content (AvgIpc) is 2.37. The summed E-state index contributed by atoms with van der Waals surface area (Å²) in [5.74, 6) is -3.97. The van der Waals surface area contributed by atoms with E-state index in [2.05, 4.69) is 0 Å². The fourth-order valence-corrected chi connectivity index (χ4v) is 4.53. The average molecular weight is 328 g/mol. The van der Waals surface area contributed by atoms with E-state index in [0.717, 1.165) is 10.7 Å². The molecule has 1 fully saturated rings. The van der Waals surface area contributed by atoms with Crippen molar-refractivity contribution >= 4 is 21.6 Å². The van der Waals surface area contributed by atoms with Crippen LogP contribution in [0.5, 0.6) is 0 Å². The van der Waals surface area contributed by atoms with E-state index in [9.17, 15) is 21.6 Å². The minimum atomic E-state index is -4.37. The van der Waals surface area contributed by atoms with Gasteiger partial charge in [0.05, 0.1) is 0 Å². The highest BCUT2D eigenvalue weighted by Gasteiger charge is 2.36. The molecule has 0 radical (unpaired) electrons. The minimum absolute atomic E-state index is 0.0453. The van der Waals surface area contributed by atoms with Crippen LogP contribution in [0.2, 0.25) is 0 Å². The molecule has 0 amide bonds. The first kappa shape index (κ1) is 15.6. The van der Waals surface area contributed by atoms with Gasteiger partial charge in [-0.15, -0.1) is 11.6 Å². The van der Waals surface area contributed by atoms with Gasteiger partial charge in [0.2, 0.25) is 10.0 Å². The van der Waals surface area contributed by atoms with Crippen LogP contribution in [-0.2, 0) is 10.0 Å². The van der Waals surface area contributed by atoms with E-state index in [4.69, 9.17) is 11.6 Å². The summed E-state index contributed by atoms with van der Waals surface area (Å²) in [5.41, 5.74) is 0. The predicted molar refractivity (Wildman–Crippen MR) is 68.6 cm³/mol. The molecule has 112 valence electrons. The summed E-state index contributed by atoms with van der Waals surface area (Å²) in [7, 11) is -4.37. The largest absolute Gasteiger partial charge is 0.249 e. The molecule has 1 aromatic carbocycles. The van der Waals surface area contributed by atoms with Crippen molar-refractivity contribution in [2.24, 2.45) is 0 Å². The van der Waals surface area contributed by atoms with Gasteiger partial charge in [-0.05, 0) is 12.8 Å². The predicted octanol–water partition coefficient (Wildman–Crippen LogP) is 2.89. The molecule has 8 heteroatoms. The first-order chi connectivity index (χ1) is 9.37. The highest BCUT2D eigenvalue weighted by molar-refractivity contribution is 7.89. The van der Waals surface area contributed by atoms with Crippen LogP contribution in [0.3, 0.4) is 0 Å². The Labute approximate surface area is 120 Å². The van der Waals surface area contributed by atoms with Crippen molar-refractivity contribution in [3.8, 4) is 0 Å². The normalized spacial score (nSPS) is 21.1. The zero-order valence-corrected chi connectivity index (χ0v) is 12.0. The lowest BCUT2D eigenvalue weighted by atomic mass is 10.1. The highest BCUT2D eigenvalue weighted by atomic mass is 35.5. The molecular weight excluding hydrogens is 315 g/mol. The highest BCUT2D eigenvalue weighted by Crippen LogP contribution is 2.29. The van der Waals surface area contributed by atoms with E-state index in [-0.39, 0.29) is 12.4 Å². The van der Waals surface area contributed by atoms with Gasteiger partial charge in [0, 0.05) is 30.6 Å². The van der Waals surface area contributed by atoms with E-state index < -0.39 is 38.4 Å². The zero-order valence-electron chi connectivity index (χ0n) is 10.5. The summed E-state index contributed by atoms with van der Waals surface area (Å²) in [4.78, 5) is -1.11. The summed E-state index contributed by atoms with van der Waals surface area (Å²) < 4.78 is 66.0. The first-order valence-electron chi connectivity index (χ1n) is 6.10. The van der Waals surface area contributed by atoms with Gasteiger partial charge in [0.15, 0.2) is 4.90 Å². The molecule has 1 atom stereocenters. The number of hydrogen-bond donors (Lipinski definition) is 0. The number of nitrogens with zero attached hydrogens (tertiary/aromatic N) is 1. The van der Waals surface area contributed by atoms with Crippen molar-refractivity contribution in [2.75, 3.05) is 12.4 Å². The number of alkyl halides is 1. The third kappa shape index (κ3) is 2.80. The SMILES string of the molecule is O=S(=O)(c1c(F)cc(F)cc1F)N1CCCCC1CCl. The fourth-order valence-electron chi connectivity index (χ4n) is 2.34. The molecule has 2 rings (SSSR count). The van der Waals surface area contributed by atoms with Crippen molar-refractivity contribution in [3.05, 3.63) is 29.6 Å². The number of piperidine rings is 1. The third-order valence-corrected chi connectivity index (χ3v) is 5.64. The van der Waals surface area contributed by atoms with Gasteiger partial charge < -0.3 is 0 Å². The van der Waals surface area contributed by atoms with Crippen LogP contribution < -0.4 is 0 Å².